The van der Waals surface area contributed by atoms with Gasteiger partial charge in [0.15, 0.2) is 0 Å². The van der Waals surface area contributed by atoms with Gasteiger partial charge in [-0.05, 0) is 17.7 Å². The number of hydrogen-bond donors (Lipinski definition) is 0. The molecule has 0 N–H and O–H groups in total. The van der Waals surface area contributed by atoms with Crippen LogP contribution in [0.25, 0.3) is 0 Å². The van der Waals surface area contributed by atoms with Gasteiger partial charge in [0.25, 0.3) is 0 Å². The highest BCUT2D eigenvalue weighted by Gasteiger charge is 2.19. The van der Waals surface area contributed by atoms with Gasteiger partial charge in [-0.25, -0.2) is 0 Å². The Morgan fingerprint density at radius 1 is 1.14 bits per heavy atom. The van der Waals surface area contributed by atoms with E-state index < -0.39 is 0 Å². The molecule has 5 heteroatoms. The zero-order chi connectivity index (χ0) is 15.2. The molecule has 0 aromatic heterocycles. The fourth-order valence-corrected chi connectivity index (χ4v) is 2.38. The summed E-state index contributed by atoms with van der Waals surface area (Å²) in [5.41, 5.74) is 1.93. The molecule has 1 aromatic carbocycles. The summed E-state index contributed by atoms with van der Waals surface area (Å²) in [6.45, 7) is 5.21. The molecule has 1 fully saturated rings. The minimum absolute atomic E-state index is 0.163. The van der Waals surface area contributed by atoms with Crippen LogP contribution in [0.3, 0.4) is 0 Å². The van der Waals surface area contributed by atoms with Crippen LogP contribution in [0, 0.1) is 11.3 Å². The normalized spacial score (nSPS) is 16.4. The molecule has 1 heterocycles. The van der Waals surface area contributed by atoms with Crippen LogP contribution in [0.15, 0.2) is 24.3 Å². The van der Waals surface area contributed by atoms with E-state index in [1.807, 2.05) is 24.3 Å². The second-order valence-corrected chi connectivity index (χ2v) is 5.65. The number of hydrogen-bond acceptors (Lipinski definition) is 4. The molecule has 0 atom stereocenters. The van der Waals surface area contributed by atoms with Gasteiger partial charge in [0.1, 0.15) is 0 Å². The summed E-state index contributed by atoms with van der Waals surface area (Å²) in [5.74, 6) is 0.163. The Morgan fingerprint density at radius 3 is 2.24 bits per heavy atom. The molecule has 5 nitrogen and oxygen atoms in total. The molecule has 112 valence electrons. The Labute approximate surface area is 126 Å². The molecule has 0 bridgehead atoms. The Hall–Kier alpha value is -1.90. The van der Waals surface area contributed by atoms with E-state index in [4.69, 9.17) is 5.26 Å². The summed E-state index contributed by atoms with van der Waals surface area (Å²) < 4.78 is 0. The molecule has 0 spiro atoms. The van der Waals surface area contributed by atoms with E-state index in [2.05, 4.69) is 15.9 Å². The second-order valence-electron chi connectivity index (χ2n) is 5.65. The standard InChI is InChI=1S/C16H22N4O/c1-18(2)16(21)13-20-9-7-19(8-10-20)12-15-5-3-14(11-17)4-6-15/h3-6H,7-10,12-13H2,1-2H3. The van der Waals surface area contributed by atoms with Crippen molar-refractivity contribution < 1.29 is 4.79 Å². The van der Waals surface area contributed by atoms with Crippen LogP contribution in [0.5, 0.6) is 0 Å². The molecule has 1 amide bonds. The summed E-state index contributed by atoms with van der Waals surface area (Å²) in [6, 6.07) is 9.89. The van der Waals surface area contributed by atoms with Gasteiger partial charge in [-0.2, -0.15) is 5.26 Å². The maximum absolute atomic E-state index is 11.7. The van der Waals surface area contributed by atoms with Gasteiger partial charge in [0, 0.05) is 46.8 Å². The molecule has 0 saturated carbocycles. The molecule has 1 aliphatic rings. The van der Waals surface area contributed by atoms with Crippen LogP contribution in [-0.4, -0.2) is 67.4 Å². The van der Waals surface area contributed by atoms with Crippen LogP contribution >= 0.6 is 0 Å². The highest BCUT2D eigenvalue weighted by Crippen LogP contribution is 2.10. The summed E-state index contributed by atoms with van der Waals surface area (Å²) in [6.07, 6.45) is 0. The lowest BCUT2D eigenvalue weighted by Gasteiger charge is -2.34. The first-order valence-electron chi connectivity index (χ1n) is 7.22. The lowest BCUT2D eigenvalue weighted by molar-refractivity contribution is -0.130. The van der Waals surface area contributed by atoms with Crippen molar-refractivity contribution in [3.05, 3.63) is 35.4 Å². The molecule has 2 rings (SSSR count). The molecular weight excluding hydrogens is 264 g/mol. The van der Waals surface area contributed by atoms with Gasteiger partial charge in [0.05, 0.1) is 18.2 Å². The molecule has 0 radical (unpaired) electrons. The first-order valence-corrected chi connectivity index (χ1v) is 7.22. The van der Waals surface area contributed by atoms with Crippen LogP contribution in [0.2, 0.25) is 0 Å². The maximum Gasteiger partial charge on any atom is 0.236 e. The van der Waals surface area contributed by atoms with Gasteiger partial charge in [-0.3, -0.25) is 14.6 Å². The van der Waals surface area contributed by atoms with Crippen LogP contribution in [0.4, 0.5) is 0 Å². The van der Waals surface area contributed by atoms with E-state index >= 15 is 0 Å². The fraction of sp³-hybridized carbons (Fsp3) is 0.500. The third-order valence-corrected chi connectivity index (χ3v) is 3.81. The van der Waals surface area contributed by atoms with Crippen LogP contribution in [-0.2, 0) is 11.3 Å². The zero-order valence-electron chi connectivity index (χ0n) is 12.7. The highest BCUT2D eigenvalue weighted by atomic mass is 16.2. The lowest BCUT2D eigenvalue weighted by Crippen LogP contribution is -2.48. The van der Waals surface area contributed by atoms with Gasteiger partial charge < -0.3 is 4.90 Å². The maximum atomic E-state index is 11.7. The number of likely N-dealkylation sites (N-methyl/N-ethyl adjacent to an activating group) is 1. The fourth-order valence-electron chi connectivity index (χ4n) is 2.38. The van der Waals surface area contributed by atoms with Crippen molar-refractivity contribution in [1.82, 2.24) is 14.7 Å². The highest BCUT2D eigenvalue weighted by molar-refractivity contribution is 5.77. The first kappa shape index (κ1) is 15.5. The molecule has 1 aromatic rings. The topological polar surface area (TPSA) is 50.6 Å². The average molecular weight is 286 g/mol. The van der Waals surface area contributed by atoms with Crippen LogP contribution < -0.4 is 0 Å². The predicted molar refractivity (Wildman–Crippen MR) is 81.6 cm³/mol. The van der Waals surface area contributed by atoms with Crippen molar-refractivity contribution in [2.24, 2.45) is 0 Å². The van der Waals surface area contributed by atoms with E-state index in [1.165, 1.54) is 5.56 Å². The number of nitriles is 1. The number of piperazine rings is 1. The molecule has 1 aliphatic heterocycles. The lowest BCUT2D eigenvalue weighted by atomic mass is 10.1. The molecule has 0 aliphatic carbocycles. The molecule has 0 unspecified atom stereocenters. The van der Waals surface area contributed by atoms with E-state index in [0.29, 0.717) is 12.1 Å². The van der Waals surface area contributed by atoms with Gasteiger partial charge in [0.2, 0.25) is 5.91 Å². The van der Waals surface area contributed by atoms with E-state index in [0.717, 1.165) is 32.7 Å². The number of carbonyl (C=O) groups excluding carboxylic acids is 1. The Kier molecular flexibility index (Phi) is 5.32. The molecule has 21 heavy (non-hydrogen) atoms. The first-order chi connectivity index (χ1) is 10.1. The van der Waals surface area contributed by atoms with Crippen molar-refractivity contribution in [2.75, 3.05) is 46.8 Å². The van der Waals surface area contributed by atoms with Crippen LogP contribution in [0.1, 0.15) is 11.1 Å². The minimum Gasteiger partial charge on any atom is -0.348 e. The molecule has 1 saturated heterocycles. The second kappa shape index (κ2) is 7.21. The number of nitrogens with zero attached hydrogens (tertiary/aromatic N) is 4. The summed E-state index contributed by atoms with van der Waals surface area (Å²) in [7, 11) is 3.59. The smallest absolute Gasteiger partial charge is 0.236 e. The largest absolute Gasteiger partial charge is 0.348 e. The number of rotatable bonds is 4. The Bertz CT molecular complexity index is 510. The zero-order valence-corrected chi connectivity index (χ0v) is 12.7. The van der Waals surface area contributed by atoms with Crippen molar-refractivity contribution >= 4 is 5.91 Å². The Morgan fingerprint density at radius 2 is 1.71 bits per heavy atom. The van der Waals surface area contributed by atoms with E-state index in [9.17, 15) is 4.79 Å². The number of benzene rings is 1. The van der Waals surface area contributed by atoms with Crippen molar-refractivity contribution in [3.8, 4) is 6.07 Å². The summed E-state index contributed by atoms with van der Waals surface area (Å²) in [5, 5.41) is 8.79. The average Bonchev–Trinajstić information content (AvgIpc) is 2.50. The summed E-state index contributed by atoms with van der Waals surface area (Å²) >= 11 is 0. The van der Waals surface area contributed by atoms with Crippen molar-refractivity contribution in [1.29, 1.82) is 5.26 Å². The van der Waals surface area contributed by atoms with E-state index in [-0.39, 0.29) is 5.91 Å². The number of amides is 1. The minimum atomic E-state index is 0.163. The molecular formula is C16H22N4O. The third-order valence-electron chi connectivity index (χ3n) is 3.81. The predicted octanol–water partition coefficient (Wildman–Crippen LogP) is 0.764. The SMILES string of the molecule is CN(C)C(=O)CN1CCN(Cc2ccc(C#N)cc2)CC1. The van der Waals surface area contributed by atoms with Gasteiger partial charge >= 0.3 is 0 Å². The number of carbonyl (C=O) groups is 1. The van der Waals surface area contributed by atoms with Gasteiger partial charge in [-0.1, -0.05) is 12.1 Å². The monoisotopic (exact) mass is 286 g/mol. The quantitative estimate of drug-likeness (QED) is 0.820. The van der Waals surface area contributed by atoms with E-state index in [1.54, 1.807) is 19.0 Å². The Balaban J connectivity index is 1.78. The van der Waals surface area contributed by atoms with Gasteiger partial charge in [-0.15, -0.1) is 0 Å². The van der Waals surface area contributed by atoms with Crippen molar-refractivity contribution in [2.45, 2.75) is 6.54 Å². The third kappa shape index (κ3) is 4.55. The van der Waals surface area contributed by atoms with Crippen molar-refractivity contribution in [3.63, 3.8) is 0 Å². The summed E-state index contributed by atoms with van der Waals surface area (Å²) in [4.78, 5) is 17.9.